The molecule has 0 aliphatic heterocycles. The molecule has 0 unspecified atom stereocenters. The van der Waals surface area contributed by atoms with Gasteiger partial charge in [0.05, 0.1) is 16.6 Å². The summed E-state index contributed by atoms with van der Waals surface area (Å²) in [5, 5.41) is 4.92. The molecule has 3 heterocycles. The Morgan fingerprint density at radius 2 is 1.39 bits per heavy atom. The van der Waals surface area contributed by atoms with Gasteiger partial charge in [0, 0.05) is 28.8 Å². The molecule has 134 valence electrons. The van der Waals surface area contributed by atoms with Crippen molar-refractivity contribution in [2.24, 2.45) is 7.05 Å². The second kappa shape index (κ2) is 4.87. The van der Waals surface area contributed by atoms with Crippen LogP contribution in [0, 0.1) is 0 Å². The van der Waals surface area contributed by atoms with E-state index in [1.807, 2.05) is 18.2 Å². The first-order valence-corrected chi connectivity index (χ1v) is 9.73. The van der Waals surface area contributed by atoms with E-state index in [0.717, 1.165) is 35.4 Å². The minimum absolute atomic E-state index is 0.939. The molecule has 3 aromatic heterocycles. The van der Waals surface area contributed by atoms with Gasteiger partial charge in [0.25, 0.3) is 0 Å². The van der Waals surface area contributed by atoms with E-state index in [-0.39, 0.29) is 0 Å². The second-order valence-electron chi connectivity index (χ2n) is 7.73. The predicted molar refractivity (Wildman–Crippen MR) is 113 cm³/mol. The lowest BCUT2D eigenvalue weighted by atomic mass is 9.92. The monoisotopic (exact) mass is 363 g/mol. The molecule has 1 aliphatic carbocycles. The van der Waals surface area contributed by atoms with E-state index in [4.69, 9.17) is 8.83 Å². The third-order valence-corrected chi connectivity index (χ3v) is 6.34. The zero-order valence-electron chi connectivity index (χ0n) is 15.5. The maximum absolute atomic E-state index is 6.36. The lowest BCUT2D eigenvalue weighted by molar-refractivity contribution is 0.614. The maximum atomic E-state index is 6.36. The lowest BCUT2D eigenvalue weighted by Crippen LogP contribution is -2.03. The van der Waals surface area contributed by atoms with E-state index < -0.39 is 0 Å². The van der Waals surface area contributed by atoms with Gasteiger partial charge >= 0.3 is 0 Å². The average molecular weight is 363 g/mol. The fourth-order valence-corrected chi connectivity index (χ4v) is 5.16. The fourth-order valence-electron chi connectivity index (χ4n) is 5.16. The van der Waals surface area contributed by atoms with Crippen molar-refractivity contribution in [3.63, 3.8) is 0 Å². The predicted octanol–water partition coefficient (Wildman–Crippen LogP) is 6.59. The summed E-state index contributed by atoms with van der Waals surface area (Å²) >= 11 is 0. The summed E-state index contributed by atoms with van der Waals surface area (Å²) in [6, 6.07) is 21.0. The molecule has 3 heteroatoms. The fraction of sp³-hybridized carbons (Fsp3) is 0.120. The van der Waals surface area contributed by atoms with Crippen LogP contribution in [0.4, 0.5) is 0 Å². The van der Waals surface area contributed by atoms with Crippen molar-refractivity contribution in [3.8, 4) is 11.5 Å². The standard InChI is InChI=1S/C25H17NO2/c1-26-23-15(12-13-21-22(23)18-7-3-5-9-20(18)27-21)16-10-11-17-14-6-2-4-8-19(14)28-25(17)24(16)26/h2-9,12-13H,10-11H2,1H3. The molecule has 0 radical (unpaired) electrons. The van der Waals surface area contributed by atoms with Crippen molar-refractivity contribution in [3.05, 3.63) is 71.8 Å². The number of nitrogens with zero attached hydrogens (tertiary/aromatic N) is 1. The summed E-state index contributed by atoms with van der Waals surface area (Å²) in [6.07, 6.45) is 2.05. The molecule has 0 amide bonds. The Hall–Kier alpha value is -3.46. The van der Waals surface area contributed by atoms with Gasteiger partial charge in [0.2, 0.25) is 0 Å². The van der Waals surface area contributed by atoms with Gasteiger partial charge in [0.15, 0.2) is 5.76 Å². The Morgan fingerprint density at radius 3 is 2.25 bits per heavy atom. The van der Waals surface area contributed by atoms with Crippen molar-refractivity contribution < 1.29 is 8.83 Å². The number of para-hydroxylation sites is 2. The highest BCUT2D eigenvalue weighted by molar-refractivity contribution is 6.19. The Bertz CT molecular complexity index is 1570. The summed E-state index contributed by atoms with van der Waals surface area (Å²) in [4.78, 5) is 0. The van der Waals surface area contributed by atoms with Crippen LogP contribution in [0.2, 0.25) is 0 Å². The van der Waals surface area contributed by atoms with Crippen LogP contribution in [-0.4, -0.2) is 4.57 Å². The van der Waals surface area contributed by atoms with Crippen LogP contribution in [0.3, 0.4) is 0 Å². The van der Waals surface area contributed by atoms with Crippen molar-refractivity contribution >= 4 is 43.8 Å². The molecule has 0 saturated heterocycles. The zero-order valence-corrected chi connectivity index (χ0v) is 15.5. The Kier molecular flexibility index (Phi) is 2.54. The number of aryl methyl sites for hydroxylation is 3. The van der Waals surface area contributed by atoms with E-state index in [0.29, 0.717) is 0 Å². The van der Waals surface area contributed by atoms with E-state index in [2.05, 4.69) is 54.1 Å². The first-order valence-electron chi connectivity index (χ1n) is 9.73. The molecule has 0 bridgehead atoms. The van der Waals surface area contributed by atoms with Gasteiger partial charge in [-0.25, -0.2) is 0 Å². The van der Waals surface area contributed by atoms with Crippen LogP contribution < -0.4 is 0 Å². The molecular formula is C25H17NO2. The Labute approximate surface area is 160 Å². The summed E-state index contributed by atoms with van der Waals surface area (Å²) in [5.74, 6) is 1.03. The number of furan rings is 2. The average Bonchev–Trinajstić information content (AvgIpc) is 3.37. The van der Waals surface area contributed by atoms with Crippen molar-refractivity contribution in [2.45, 2.75) is 12.8 Å². The van der Waals surface area contributed by atoms with Gasteiger partial charge in [-0.1, -0.05) is 36.4 Å². The molecule has 0 fully saturated rings. The topological polar surface area (TPSA) is 31.2 Å². The van der Waals surface area contributed by atoms with E-state index in [9.17, 15) is 0 Å². The molecule has 28 heavy (non-hydrogen) atoms. The van der Waals surface area contributed by atoms with Crippen molar-refractivity contribution in [1.29, 1.82) is 0 Å². The summed E-state index contributed by atoms with van der Waals surface area (Å²) in [6.45, 7) is 0. The third kappa shape index (κ3) is 1.61. The molecule has 0 N–H and O–H groups in total. The molecule has 6 aromatic rings. The first kappa shape index (κ1) is 14.6. The molecular weight excluding hydrogens is 346 g/mol. The van der Waals surface area contributed by atoms with Gasteiger partial charge in [-0.2, -0.15) is 0 Å². The van der Waals surface area contributed by atoms with Gasteiger partial charge < -0.3 is 13.4 Å². The van der Waals surface area contributed by atoms with Crippen LogP contribution >= 0.6 is 0 Å². The normalized spacial score (nSPS) is 13.6. The van der Waals surface area contributed by atoms with Crippen LogP contribution in [0.15, 0.2) is 69.5 Å². The number of hydrogen-bond acceptors (Lipinski definition) is 2. The SMILES string of the molecule is Cn1c2c(c3ccc4oc5ccccc5c4c31)CCc1c-2oc2ccccc12. The lowest BCUT2D eigenvalue weighted by Gasteiger charge is -2.13. The summed E-state index contributed by atoms with van der Waals surface area (Å²) in [7, 11) is 2.16. The molecule has 0 spiro atoms. The van der Waals surface area contributed by atoms with Crippen LogP contribution in [0.1, 0.15) is 11.1 Å². The highest BCUT2D eigenvalue weighted by Gasteiger charge is 2.29. The van der Waals surface area contributed by atoms with E-state index in [1.54, 1.807) is 0 Å². The number of rotatable bonds is 0. The molecule has 0 saturated carbocycles. The molecule has 0 atom stereocenters. The van der Waals surface area contributed by atoms with Crippen molar-refractivity contribution in [2.75, 3.05) is 0 Å². The molecule has 1 aliphatic rings. The second-order valence-corrected chi connectivity index (χ2v) is 7.73. The quantitative estimate of drug-likeness (QED) is 0.305. The van der Waals surface area contributed by atoms with E-state index in [1.165, 1.54) is 43.9 Å². The van der Waals surface area contributed by atoms with Crippen LogP contribution in [0.25, 0.3) is 55.3 Å². The zero-order chi connectivity index (χ0) is 18.4. The Balaban J connectivity index is 1.68. The largest absolute Gasteiger partial charge is 0.456 e. The van der Waals surface area contributed by atoms with Gasteiger partial charge in [-0.05, 0) is 42.7 Å². The number of hydrogen-bond donors (Lipinski definition) is 0. The number of fused-ring (bicyclic) bond motifs is 11. The van der Waals surface area contributed by atoms with Crippen LogP contribution in [-0.2, 0) is 19.9 Å². The minimum Gasteiger partial charge on any atom is -0.456 e. The van der Waals surface area contributed by atoms with Gasteiger partial charge in [-0.3, -0.25) is 0 Å². The minimum atomic E-state index is 0.939. The Morgan fingerprint density at radius 1 is 0.679 bits per heavy atom. The maximum Gasteiger partial charge on any atom is 0.155 e. The van der Waals surface area contributed by atoms with Gasteiger partial charge in [0.1, 0.15) is 16.7 Å². The third-order valence-electron chi connectivity index (χ3n) is 6.34. The van der Waals surface area contributed by atoms with E-state index >= 15 is 0 Å². The van der Waals surface area contributed by atoms with Crippen LogP contribution in [0.5, 0.6) is 0 Å². The summed E-state index contributed by atoms with van der Waals surface area (Å²) < 4.78 is 14.8. The molecule has 7 rings (SSSR count). The van der Waals surface area contributed by atoms with Crippen molar-refractivity contribution in [1.82, 2.24) is 4.57 Å². The molecule has 3 aromatic carbocycles. The first-order chi connectivity index (χ1) is 13.8. The number of benzene rings is 3. The number of aromatic nitrogens is 1. The highest BCUT2D eigenvalue weighted by Crippen LogP contribution is 2.46. The smallest absolute Gasteiger partial charge is 0.155 e. The highest BCUT2D eigenvalue weighted by atomic mass is 16.3. The molecule has 3 nitrogen and oxygen atoms in total. The van der Waals surface area contributed by atoms with Gasteiger partial charge in [-0.15, -0.1) is 0 Å². The summed E-state index contributed by atoms with van der Waals surface area (Å²) in [5.41, 5.74) is 8.03.